The van der Waals surface area contributed by atoms with Gasteiger partial charge in [0.2, 0.25) is 0 Å². The topological polar surface area (TPSA) is 94.6 Å². The number of thiazole rings is 1. The zero-order valence-electron chi connectivity index (χ0n) is 20.3. The van der Waals surface area contributed by atoms with Crippen LogP contribution >= 0.6 is 11.3 Å². The van der Waals surface area contributed by atoms with Gasteiger partial charge in [-0.3, -0.25) is 4.79 Å². The molecule has 3 amide bonds. The molecule has 5 rings (SSSR count). The molecule has 8 heteroatoms. The lowest BCUT2D eigenvalue weighted by Gasteiger charge is -2.31. The molecule has 0 bridgehead atoms. The summed E-state index contributed by atoms with van der Waals surface area (Å²) in [6.07, 6.45) is 9.87. The highest BCUT2D eigenvalue weighted by Crippen LogP contribution is 2.31. The maximum Gasteiger partial charge on any atom is 0.317 e. The monoisotopic (exact) mass is 504 g/mol. The molecule has 0 saturated carbocycles. The number of amides is 3. The van der Waals surface area contributed by atoms with Crippen LogP contribution in [0.2, 0.25) is 0 Å². The van der Waals surface area contributed by atoms with Gasteiger partial charge < -0.3 is 20.6 Å². The van der Waals surface area contributed by atoms with Crippen molar-refractivity contribution < 1.29 is 14.7 Å². The lowest BCUT2D eigenvalue weighted by atomic mass is 9.97. The largest absolute Gasteiger partial charge is 0.508 e. The van der Waals surface area contributed by atoms with Crippen molar-refractivity contribution in [1.82, 2.24) is 15.2 Å². The molecule has 1 saturated heterocycles. The molecule has 1 aliphatic carbocycles. The van der Waals surface area contributed by atoms with Crippen molar-refractivity contribution in [3.8, 4) is 5.75 Å². The van der Waals surface area contributed by atoms with Crippen molar-refractivity contribution in [2.45, 2.75) is 50.9 Å². The number of phenols is 1. The Balaban J connectivity index is 1.12. The number of piperidine rings is 1. The van der Waals surface area contributed by atoms with Crippen LogP contribution in [0.25, 0.3) is 10.8 Å². The lowest BCUT2D eigenvalue weighted by molar-refractivity contribution is 0.102. The first kappa shape index (κ1) is 24.3. The van der Waals surface area contributed by atoms with E-state index in [-0.39, 0.29) is 23.6 Å². The van der Waals surface area contributed by atoms with E-state index in [1.807, 2.05) is 23.1 Å². The quantitative estimate of drug-likeness (QED) is 0.357. The minimum atomic E-state index is -0.247. The molecule has 2 heterocycles. The molecular weight excluding hydrogens is 472 g/mol. The molecular formula is C28H32N4O3S. The maximum absolute atomic E-state index is 12.9. The van der Waals surface area contributed by atoms with Crippen molar-refractivity contribution in [2.75, 3.05) is 25.0 Å². The van der Waals surface area contributed by atoms with Gasteiger partial charge in [0.1, 0.15) is 11.4 Å². The second kappa shape index (κ2) is 11.1. The van der Waals surface area contributed by atoms with Crippen LogP contribution in [0.4, 0.5) is 10.5 Å². The number of rotatable bonds is 6. The van der Waals surface area contributed by atoms with Gasteiger partial charge in [-0.25, -0.2) is 9.78 Å². The molecule has 36 heavy (non-hydrogen) atoms. The number of fused-ring (bicyclic) bond motifs is 1. The van der Waals surface area contributed by atoms with E-state index in [2.05, 4.69) is 21.7 Å². The molecule has 1 fully saturated rings. The molecule has 188 valence electrons. The Morgan fingerprint density at radius 2 is 2.00 bits per heavy atom. The third kappa shape index (κ3) is 5.70. The number of carbonyl (C=O) groups is 2. The fourth-order valence-corrected chi connectivity index (χ4v) is 6.02. The number of carbonyl (C=O) groups excluding carboxylic acids is 2. The summed E-state index contributed by atoms with van der Waals surface area (Å²) >= 11 is 1.51. The number of benzene rings is 2. The summed E-state index contributed by atoms with van der Waals surface area (Å²) in [5, 5.41) is 20.2. The van der Waals surface area contributed by atoms with Gasteiger partial charge in [0.05, 0.1) is 5.01 Å². The second-order valence-electron chi connectivity index (χ2n) is 9.59. The summed E-state index contributed by atoms with van der Waals surface area (Å²) < 4.78 is 0. The number of likely N-dealkylation sites (tertiary alicyclic amines) is 1. The Labute approximate surface area is 215 Å². The molecule has 3 N–H and O–H groups in total. The second-order valence-corrected chi connectivity index (χ2v) is 10.5. The van der Waals surface area contributed by atoms with Gasteiger partial charge in [-0.05, 0) is 74.6 Å². The normalized spacial score (nSPS) is 16.6. The van der Waals surface area contributed by atoms with Crippen molar-refractivity contribution in [2.24, 2.45) is 0 Å². The van der Waals surface area contributed by atoms with Crippen molar-refractivity contribution in [1.29, 1.82) is 0 Å². The number of anilines is 1. The Hall–Kier alpha value is -3.39. The van der Waals surface area contributed by atoms with Gasteiger partial charge in [-0.15, -0.1) is 11.3 Å². The fraction of sp³-hybridized carbons (Fsp3) is 0.393. The Morgan fingerprint density at radius 1 is 1.14 bits per heavy atom. The van der Waals surface area contributed by atoms with E-state index in [1.54, 1.807) is 23.6 Å². The predicted molar refractivity (Wildman–Crippen MR) is 144 cm³/mol. The molecule has 1 aliphatic heterocycles. The van der Waals surface area contributed by atoms with Crippen LogP contribution in [0, 0.1) is 0 Å². The number of nitrogens with zero attached hydrogens (tertiary/aromatic N) is 2. The van der Waals surface area contributed by atoms with Gasteiger partial charge >= 0.3 is 6.03 Å². The zero-order chi connectivity index (χ0) is 24.9. The molecule has 0 spiro atoms. The number of aromatic nitrogens is 1. The number of allylic oxidation sites excluding steroid dienone is 1. The highest BCUT2D eigenvalue weighted by molar-refractivity contribution is 7.10. The average molecular weight is 505 g/mol. The third-order valence-corrected chi connectivity index (χ3v) is 8.11. The maximum atomic E-state index is 12.9. The van der Waals surface area contributed by atoms with E-state index in [0.29, 0.717) is 31.0 Å². The van der Waals surface area contributed by atoms with Gasteiger partial charge in [-0.2, -0.15) is 0 Å². The summed E-state index contributed by atoms with van der Waals surface area (Å²) in [7, 11) is 0. The first-order chi connectivity index (χ1) is 17.6. The highest BCUT2D eigenvalue weighted by atomic mass is 32.1. The molecule has 2 aliphatic rings. The summed E-state index contributed by atoms with van der Waals surface area (Å²) in [5.41, 5.74) is 2.57. The minimum absolute atomic E-state index is 0.0208. The van der Waals surface area contributed by atoms with Crippen LogP contribution in [-0.4, -0.2) is 46.6 Å². The van der Waals surface area contributed by atoms with E-state index in [0.717, 1.165) is 35.0 Å². The summed E-state index contributed by atoms with van der Waals surface area (Å²) in [6.45, 7) is 2.10. The van der Waals surface area contributed by atoms with Crippen LogP contribution in [0.1, 0.15) is 66.4 Å². The number of aromatic hydroxyl groups is 1. The van der Waals surface area contributed by atoms with E-state index >= 15 is 0 Å². The smallest absolute Gasteiger partial charge is 0.317 e. The predicted octanol–water partition coefficient (Wildman–Crippen LogP) is 6.03. The van der Waals surface area contributed by atoms with Crippen LogP contribution in [0.15, 0.2) is 53.4 Å². The number of hydrogen-bond acceptors (Lipinski definition) is 5. The van der Waals surface area contributed by atoms with Gasteiger partial charge in [0.15, 0.2) is 0 Å². The SMILES string of the molecule is O=C(Nc1cccc2cc(O)ccc12)c1csc(C2CCN(C(=O)NCCC3=CCCCC3)CC2)n1. The number of hydrogen-bond donors (Lipinski definition) is 3. The van der Waals surface area contributed by atoms with Gasteiger partial charge in [0, 0.05) is 42.0 Å². The number of phenolic OH excluding ortho intramolecular Hbond substituents is 1. The first-order valence-electron chi connectivity index (χ1n) is 12.8. The minimum Gasteiger partial charge on any atom is -0.508 e. The van der Waals surface area contributed by atoms with Gasteiger partial charge in [-0.1, -0.05) is 23.8 Å². The van der Waals surface area contributed by atoms with Crippen LogP contribution in [0.3, 0.4) is 0 Å². The fourth-order valence-electron chi connectivity index (χ4n) is 5.05. The molecule has 0 atom stereocenters. The van der Waals surface area contributed by atoms with Crippen LogP contribution in [0.5, 0.6) is 5.75 Å². The molecule has 2 aromatic carbocycles. The number of urea groups is 1. The Kier molecular flexibility index (Phi) is 7.51. The zero-order valence-corrected chi connectivity index (χ0v) is 21.2. The van der Waals surface area contributed by atoms with E-state index in [1.165, 1.54) is 42.6 Å². The Bertz CT molecular complexity index is 1280. The van der Waals surface area contributed by atoms with Crippen LogP contribution < -0.4 is 10.6 Å². The third-order valence-electron chi connectivity index (χ3n) is 7.11. The van der Waals surface area contributed by atoms with Gasteiger partial charge in [0.25, 0.3) is 5.91 Å². The summed E-state index contributed by atoms with van der Waals surface area (Å²) in [4.78, 5) is 32.0. The molecule has 0 radical (unpaired) electrons. The summed E-state index contributed by atoms with van der Waals surface area (Å²) in [6, 6.07) is 10.7. The van der Waals surface area contributed by atoms with Crippen molar-refractivity contribution in [3.63, 3.8) is 0 Å². The molecule has 3 aromatic rings. The van der Waals surface area contributed by atoms with Crippen LogP contribution in [-0.2, 0) is 0 Å². The molecule has 7 nitrogen and oxygen atoms in total. The van der Waals surface area contributed by atoms with E-state index in [4.69, 9.17) is 0 Å². The molecule has 1 aromatic heterocycles. The van der Waals surface area contributed by atoms with E-state index in [9.17, 15) is 14.7 Å². The lowest BCUT2D eigenvalue weighted by Crippen LogP contribution is -2.44. The van der Waals surface area contributed by atoms with E-state index < -0.39 is 0 Å². The molecule has 0 unspecified atom stereocenters. The van der Waals surface area contributed by atoms with Crippen molar-refractivity contribution in [3.05, 3.63) is 64.1 Å². The standard InChI is InChI=1S/C28H32N4O3S/c33-22-9-10-23-21(17-22)7-4-8-24(23)30-26(34)25-18-36-27(31-25)20-12-15-32(16-13-20)28(35)29-14-11-19-5-2-1-3-6-19/h4-5,7-10,17-18,20,33H,1-3,6,11-16H2,(H,29,35)(H,30,34). The highest BCUT2D eigenvalue weighted by Gasteiger charge is 2.26. The van der Waals surface area contributed by atoms with Crippen molar-refractivity contribution >= 4 is 39.7 Å². The number of nitrogens with one attached hydrogen (secondary N) is 2. The average Bonchev–Trinajstić information content (AvgIpc) is 3.40. The Morgan fingerprint density at radius 3 is 2.81 bits per heavy atom. The summed E-state index contributed by atoms with van der Waals surface area (Å²) in [5.74, 6) is 0.201. The first-order valence-corrected chi connectivity index (χ1v) is 13.6.